The first-order valence-electron chi connectivity index (χ1n) is 8.81. The van der Waals surface area contributed by atoms with Crippen LogP contribution in [0.15, 0.2) is 0 Å². The van der Waals surface area contributed by atoms with Crippen LogP contribution in [0.1, 0.15) is 58.3 Å². The van der Waals surface area contributed by atoms with Gasteiger partial charge in [-0.25, -0.2) is 8.42 Å². The van der Waals surface area contributed by atoms with Gasteiger partial charge in [-0.3, -0.25) is 0 Å². The molecule has 0 amide bonds. The van der Waals surface area contributed by atoms with Crippen molar-refractivity contribution >= 4 is 9.84 Å². The molecule has 0 saturated heterocycles. The van der Waals surface area contributed by atoms with Crippen molar-refractivity contribution in [1.29, 1.82) is 0 Å². The predicted octanol–water partition coefficient (Wildman–Crippen LogP) is 3.01. The smallest absolute Gasteiger partial charge is 0.147 e. The Morgan fingerprint density at radius 2 is 1.62 bits per heavy atom. The second-order valence-electron chi connectivity index (χ2n) is 8.16. The molecule has 3 nitrogen and oxygen atoms in total. The molecular formula is C17H31NO2S. The summed E-state index contributed by atoms with van der Waals surface area (Å²) in [6.07, 6.45) is 11.8. The third-order valence-corrected chi connectivity index (χ3v) is 7.31. The summed E-state index contributed by atoms with van der Waals surface area (Å²) >= 11 is 0. The first kappa shape index (κ1) is 15.8. The quantitative estimate of drug-likeness (QED) is 0.786. The van der Waals surface area contributed by atoms with E-state index in [-0.39, 0.29) is 0 Å². The largest absolute Gasteiger partial charge is 0.314 e. The van der Waals surface area contributed by atoms with E-state index in [1.165, 1.54) is 44.8 Å². The monoisotopic (exact) mass is 313 g/mol. The molecule has 4 aliphatic carbocycles. The first-order valence-corrected chi connectivity index (χ1v) is 10.9. The number of rotatable bonds is 7. The summed E-state index contributed by atoms with van der Waals surface area (Å²) in [5, 5.41) is 3.73. The summed E-state index contributed by atoms with van der Waals surface area (Å²) in [6.45, 7) is 3.19. The highest BCUT2D eigenvalue weighted by atomic mass is 32.2. The van der Waals surface area contributed by atoms with Gasteiger partial charge >= 0.3 is 0 Å². The normalized spacial score (nSPS) is 39.6. The second kappa shape index (κ2) is 5.84. The maximum Gasteiger partial charge on any atom is 0.147 e. The Morgan fingerprint density at radius 1 is 1.10 bits per heavy atom. The molecule has 4 heteroatoms. The van der Waals surface area contributed by atoms with Crippen molar-refractivity contribution in [2.24, 2.45) is 23.2 Å². The predicted molar refractivity (Wildman–Crippen MR) is 87.0 cm³/mol. The van der Waals surface area contributed by atoms with Crippen molar-refractivity contribution in [2.45, 2.75) is 64.3 Å². The Labute approximate surface area is 130 Å². The van der Waals surface area contributed by atoms with E-state index < -0.39 is 9.84 Å². The van der Waals surface area contributed by atoms with Crippen molar-refractivity contribution < 1.29 is 8.42 Å². The Kier molecular flexibility index (Phi) is 4.39. The van der Waals surface area contributed by atoms with Crippen LogP contribution < -0.4 is 5.32 Å². The molecule has 0 aromatic heterocycles. The average molecular weight is 314 g/mol. The fraction of sp³-hybridized carbons (Fsp3) is 1.00. The average Bonchev–Trinajstić information content (AvgIpc) is 2.34. The molecule has 122 valence electrons. The van der Waals surface area contributed by atoms with Crippen LogP contribution in [0.5, 0.6) is 0 Å². The highest BCUT2D eigenvalue weighted by Crippen LogP contribution is 2.61. The molecule has 4 bridgehead atoms. The summed E-state index contributed by atoms with van der Waals surface area (Å²) in [6, 6.07) is 0.539. The van der Waals surface area contributed by atoms with Crippen LogP contribution in [-0.2, 0) is 9.84 Å². The molecule has 1 unspecified atom stereocenters. The lowest BCUT2D eigenvalue weighted by Crippen LogP contribution is -2.56. The van der Waals surface area contributed by atoms with E-state index in [1.807, 2.05) is 0 Å². The van der Waals surface area contributed by atoms with Gasteiger partial charge in [0.1, 0.15) is 9.84 Å². The molecule has 0 heterocycles. The van der Waals surface area contributed by atoms with Gasteiger partial charge in [-0.05, 0) is 81.1 Å². The second-order valence-corrected chi connectivity index (χ2v) is 10.4. The van der Waals surface area contributed by atoms with Crippen LogP contribution in [0.3, 0.4) is 0 Å². The van der Waals surface area contributed by atoms with Crippen LogP contribution in [0.25, 0.3) is 0 Å². The molecule has 1 atom stereocenters. The number of sulfone groups is 1. The summed E-state index contributed by atoms with van der Waals surface area (Å²) in [4.78, 5) is 0. The van der Waals surface area contributed by atoms with Crippen LogP contribution in [0.2, 0.25) is 0 Å². The first-order chi connectivity index (χ1) is 9.90. The van der Waals surface area contributed by atoms with Crippen molar-refractivity contribution in [1.82, 2.24) is 5.32 Å². The molecule has 0 aromatic carbocycles. The Morgan fingerprint density at radius 3 is 2.05 bits per heavy atom. The Hall–Kier alpha value is -0.0900. The maximum atomic E-state index is 11.4. The standard InChI is InChI=1S/C17H31NO2S/c1-3-18-16(5-4-6-21(2,19)20)17-10-13-7-14(11-17)9-15(8-13)12-17/h13-16,18H,3-12H2,1-2H3. The Bertz CT molecular complexity index is 436. The van der Waals surface area contributed by atoms with E-state index in [2.05, 4.69) is 12.2 Å². The summed E-state index contributed by atoms with van der Waals surface area (Å²) in [7, 11) is -2.82. The molecule has 1 N–H and O–H groups in total. The van der Waals surface area contributed by atoms with Gasteiger partial charge in [0.15, 0.2) is 0 Å². The lowest BCUT2D eigenvalue weighted by atomic mass is 9.47. The van der Waals surface area contributed by atoms with Crippen molar-refractivity contribution in [3.8, 4) is 0 Å². The third kappa shape index (κ3) is 3.47. The van der Waals surface area contributed by atoms with Crippen molar-refractivity contribution in [3.05, 3.63) is 0 Å². The zero-order chi connectivity index (χ0) is 15.1. The van der Waals surface area contributed by atoms with Crippen molar-refractivity contribution in [3.63, 3.8) is 0 Å². The number of hydrogen-bond acceptors (Lipinski definition) is 3. The molecule has 0 aromatic rings. The van der Waals surface area contributed by atoms with Gasteiger partial charge < -0.3 is 5.32 Å². The van der Waals surface area contributed by atoms with Gasteiger partial charge in [-0.15, -0.1) is 0 Å². The lowest BCUT2D eigenvalue weighted by Gasteiger charge is -2.59. The van der Waals surface area contributed by atoms with E-state index >= 15 is 0 Å². The summed E-state index contributed by atoms with van der Waals surface area (Å²) in [5.41, 5.74) is 0.488. The minimum atomic E-state index is -2.82. The molecule has 4 aliphatic rings. The van der Waals surface area contributed by atoms with Gasteiger partial charge in [0.25, 0.3) is 0 Å². The van der Waals surface area contributed by atoms with Gasteiger partial charge in [-0.1, -0.05) is 6.92 Å². The van der Waals surface area contributed by atoms with Crippen molar-refractivity contribution in [2.75, 3.05) is 18.6 Å². The summed E-state index contributed by atoms with van der Waals surface area (Å²) < 4.78 is 22.8. The van der Waals surface area contributed by atoms with Gasteiger partial charge in [0.2, 0.25) is 0 Å². The molecule has 4 saturated carbocycles. The third-order valence-electron chi connectivity index (χ3n) is 6.28. The number of hydrogen-bond donors (Lipinski definition) is 1. The Balaban J connectivity index is 1.68. The lowest BCUT2D eigenvalue weighted by molar-refractivity contribution is -0.0750. The maximum absolute atomic E-state index is 11.4. The molecular weight excluding hydrogens is 282 g/mol. The van der Waals surface area contributed by atoms with E-state index in [0.29, 0.717) is 17.2 Å². The van der Waals surface area contributed by atoms with Crippen LogP contribution in [0.4, 0.5) is 0 Å². The van der Waals surface area contributed by atoms with Crippen LogP contribution >= 0.6 is 0 Å². The van der Waals surface area contributed by atoms with E-state index in [0.717, 1.165) is 37.1 Å². The molecule has 0 radical (unpaired) electrons. The highest BCUT2D eigenvalue weighted by molar-refractivity contribution is 7.90. The fourth-order valence-corrected chi connectivity index (χ4v) is 6.72. The molecule has 21 heavy (non-hydrogen) atoms. The van der Waals surface area contributed by atoms with Gasteiger partial charge in [0, 0.05) is 18.1 Å². The van der Waals surface area contributed by atoms with Crippen LogP contribution in [0, 0.1) is 23.2 Å². The van der Waals surface area contributed by atoms with Gasteiger partial charge in [-0.2, -0.15) is 0 Å². The zero-order valence-corrected chi connectivity index (χ0v) is 14.4. The van der Waals surface area contributed by atoms with E-state index in [9.17, 15) is 8.42 Å². The number of nitrogens with one attached hydrogen (secondary N) is 1. The zero-order valence-electron chi connectivity index (χ0n) is 13.6. The minimum Gasteiger partial charge on any atom is -0.314 e. The van der Waals surface area contributed by atoms with E-state index in [1.54, 1.807) is 0 Å². The topological polar surface area (TPSA) is 46.2 Å². The van der Waals surface area contributed by atoms with Gasteiger partial charge in [0.05, 0.1) is 0 Å². The molecule has 4 fully saturated rings. The highest BCUT2D eigenvalue weighted by Gasteiger charge is 2.53. The molecule has 0 spiro atoms. The summed E-state index contributed by atoms with van der Waals surface area (Å²) in [5.74, 6) is 3.24. The van der Waals surface area contributed by atoms with E-state index in [4.69, 9.17) is 0 Å². The fourth-order valence-electron chi connectivity index (χ4n) is 6.03. The molecule has 4 rings (SSSR count). The SMILES string of the molecule is CCNC(CCCS(C)(=O)=O)C12CC3CC(CC(C3)C1)C2. The minimum absolute atomic E-state index is 0.348. The molecule has 0 aliphatic heterocycles. The van der Waals surface area contributed by atoms with Crippen LogP contribution in [-0.4, -0.2) is 33.0 Å².